The predicted molar refractivity (Wildman–Crippen MR) is 121 cm³/mol. The summed E-state index contributed by atoms with van der Waals surface area (Å²) < 4.78 is 11.0. The minimum Gasteiger partial charge on any atom is -0.411 e. The first-order valence-corrected chi connectivity index (χ1v) is 11.3. The van der Waals surface area contributed by atoms with E-state index in [0.717, 1.165) is 32.1 Å². The van der Waals surface area contributed by atoms with Gasteiger partial charge in [0.1, 0.15) is 0 Å². The van der Waals surface area contributed by atoms with Gasteiger partial charge in [-0.05, 0) is 71.6 Å². The molecule has 2 aliphatic heterocycles. The summed E-state index contributed by atoms with van der Waals surface area (Å²) in [7, 11) is 0. The standard InChI is InChI=1S/C22H30BrN3O5/c1-14(27)24-15-7-8-17(23)18(12-15)25-19(28)30-13-31-20(29)26-16-6-5-10-22(26,11-9-16)21(2,3)4/h7-8,12,16H,5-6,9-11,13H2,1-4H3,(H,24,27)(H,25,28). The normalized spacial score (nSPS) is 22.6. The molecule has 8 nitrogen and oxygen atoms in total. The van der Waals surface area contributed by atoms with Gasteiger partial charge >= 0.3 is 12.2 Å². The van der Waals surface area contributed by atoms with E-state index in [9.17, 15) is 14.4 Å². The zero-order valence-electron chi connectivity index (χ0n) is 18.4. The number of benzene rings is 1. The molecule has 3 rings (SSSR count). The highest BCUT2D eigenvalue weighted by molar-refractivity contribution is 9.10. The number of hydrogen-bond acceptors (Lipinski definition) is 5. The largest absolute Gasteiger partial charge is 0.414 e. The van der Waals surface area contributed by atoms with Gasteiger partial charge in [-0.25, -0.2) is 9.59 Å². The van der Waals surface area contributed by atoms with Crippen molar-refractivity contribution < 1.29 is 23.9 Å². The zero-order chi connectivity index (χ0) is 22.8. The number of nitrogens with zero attached hydrogens (tertiary/aromatic N) is 1. The van der Waals surface area contributed by atoms with Crippen molar-refractivity contribution in [2.45, 2.75) is 71.4 Å². The lowest BCUT2D eigenvalue weighted by Crippen LogP contribution is -2.60. The van der Waals surface area contributed by atoms with Crippen molar-refractivity contribution in [2.75, 3.05) is 17.4 Å². The van der Waals surface area contributed by atoms with Gasteiger partial charge in [-0.2, -0.15) is 0 Å². The van der Waals surface area contributed by atoms with Gasteiger partial charge in [-0.1, -0.05) is 20.8 Å². The van der Waals surface area contributed by atoms with Crippen LogP contribution in [0, 0.1) is 5.41 Å². The molecule has 0 spiro atoms. The van der Waals surface area contributed by atoms with E-state index < -0.39 is 19.0 Å². The molecule has 2 fully saturated rings. The van der Waals surface area contributed by atoms with E-state index in [4.69, 9.17) is 9.47 Å². The highest BCUT2D eigenvalue weighted by Crippen LogP contribution is 2.53. The Hall–Kier alpha value is -2.29. The fourth-order valence-corrected chi connectivity index (χ4v) is 5.19. The maximum atomic E-state index is 12.9. The van der Waals surface area contributed by atoms with Crippen molar-refractivity contribution in [1.29, 1.82) is 0 Å². The fraction of sp³-hybridized carbons (Fsp3) is 0.591. The number of halogens is 1. The van der Waals surface area contributed by atoms with Crippen LogP contribution < -0.4 is 10.6 Å². The zero-order valence-corrected chi connectivity index (χ0v) is 20.0. The summed E-state index contributed by atoms with van der Waals surface area (Å²) in [6.07, 6.45) is 3.80. The van der Waals surface area contributed by atoms with Gasteiger partial charge in [0.15, 0.2) is 0 Å². The van der Waals surface area contributed by atoms with Crippen LogP contribution in [0.5, 0.6) is 0 Å². The Labute approximate surface area is 191 Å². The molecule has 2 N–H and O–H groups in total. The smallest absolute Gasteiger partial charge is 0.411 e. The number of carbonyl (C=O) groups is 3. The van der Waals surface area contributed by atoms with Gasteiger partial charge in [0, 0.05) is 23.1 Å². The Morgan fingerprint density at radius 2 is 1.90 bits per heavy atom. The molecule has 2 saturated heterocycles. The first-order valence-electron chi connectivity index (χ1n) is 10.5. The quantitative estimate of drug-likeness (QED) is 0.538. The Morgan fingerprint density at radius 3 is 2.58 bits per heavy atom. The number of carbonyl (C=O) groups excluding carboxylic acids is 3. The summed E-state index contributed by atoms with van der Waals surface area (Å²) in [5.74, 6) is -0.220. The number of hydrogen-bond donors (Lipinski definition) is 2. The molecule has 3 amide bonds. The second kappa shape index (κ2) is 9.06. The highest BCUT2D eigenvalue weighted by Gasteiger charge is 2.57. The summed E-state index contributed by atoms with van der Waals surface area (Å²) in [5.41, 5.74) is 0.670. The number of nitrogens with one attached hydrogen (secondary N) is 2. The average Bonchev–Trinajstić information content (AvgIpc) is 2.90. The molecule has 1 aromatic carbocycles. The van der Waals surface area contributed by atoms with E-state index in [1.165, 1.54) is 6.92 Å². The maximum absolute atomic E-state index is 12.9. The molecule has 31 heavy (non-hydrogen) atoms. The summed E-state index contributed by atoms with van der Waals surface area (Å²) in [6, 6.07) is 5.17. The monoisotopic (exact) mass is 495 g/mol. The first-order chi connectivity index (χ1) is 14.5. The molecular formula is C22H30BrN3O5. The predicted octanol–water partition coefficient (Wildman–Crippen LogP) is 5.48. The van der Waals surface area contributed by atoms with Crippen LogP contribution in [0.2, 0.25) is 0 Å². The van der Waals surface area contributed by atoms with E-state index in [-0.39, 0.29) is 22.9 Å². The Morgan fingerprint density at radius 1 is 1.16 bits per heavy atom. The highest BCUT2D eigenvalue weighted by atomic mass is 79.9. The SMILES string of the molecule is CC(=O)Nc1ccc(Br)c(NC(=O)OCOC(=O)N2C3CCCC2(C(C)(C)C)CC3)c1. The number of anilines is 2. The van der Waals surface area contributed by atoms with Crippen molar-refractivity contribution >= 4 is 45.4 Å². The molecule has 2 heterocycles. The van der Waals surface area contributed by atoms with E-state index in [2.05, 4.69) is 47.3 Å². The van der Waals surface area contributed by atoms with E-state index in [1.54, 1.807) is 18.2 Å². The molecule has 0 aliphatic carbocycles. The van der Waals surface area contributed by atoms with Crippen LogP contribution in [0.1, 0.15) is 59.8 Å². The summed E-state index contributed by atoms with van der Waals surface area (Å²) in [4.78, 5) is 38.2. The number of rotatable bonds is 4. The second-order valence-corrected chi connectivity index (χ2v) is 10.1. The van der Waals surface area contributed by atoms with Gasteiger partial charge in [-0.3, -0.25) is 15.0 Å². The third kappa shape index (κ3) is 4.97. The number of fused-ring (bicyclic) bond motifs is 2. The number of ether oxygens (including phenoxy) is 2. The Bertz CT molecular complexity index is 865. The summed E-state index contributed by atoms with van der Waals surface area (Å²) >= 11 is 3.34. The average molecular weight is 496 g/mol. The first kappa shape index (κ1) is 23.4. The molecule has 2 bridgehead atoms. The fourth-order valence-electron chi connectivity index (χ4n) is 4.84. The van der Waals surface area contributed by atoms with Gasteiger partial charge in [0.2, 0.25) is 12.7 Å². The lowest BCUT2D eigenvalue weighted by molar-refractivity contribution is -0.114. The molecule has 170 valence electrons. The molecular weight excluding hydrogens is 466 g/mol. The van der Waals surface area contributed by atoms with E-state index in [0.29, 0.717) is 15.8 Å². The van der Waals surface area contributed by atoms with Crippen molar-refractivity contribution in [3.63, 3.8) is 0 Å². The Balaban J connectivity index is 1.56. The van der Waals surface area contributed by atoms with Crippen LogP contribution in [0.15, 0.2) is 22.7 Å². The van der Waals surface area contributed by atoms with E-state index in [1.807, 2.05) is 4.90 Å². The van der Waals surface area contributed by atoms with Gasteiger partial charge in [0.05, 0.1) is 11.2 Å². The molecule has 2 aliphatic rings. The second-order valence-electron chi connectivity index (χ2n) is 9.20. The van der Waals surface area contributed by atoms with Gasteiger partial charge < -0.3 is 14.8 Å². The molecule has 2 atom stereocenters. The van der Waals surface area contributed by atoms with Crippen LogP contribution in [-0.2, 0) is 14.3 Å². The van der Waals surface area contributed by atoms with Crippen LogP contribution in [-0.4, -0.2) is 41.4 Å². The van der Waals surface area contributed by atoms with Crippen molar-refractivity contribution in [1.82, 2.24) is 4.90 Å². The van der Waals surface area contributed by atoms with Gasteiger partial charge in [0.25, 0.3) is 0 Å². The third-order valence-corrected chi connectivity index (χ3v) is 7.03. The van der Waals surface area contributed by atoms with Crippen molar-refractivity contribution in [3.8, 4) is 0 Å². The minimum absolute atomic E-state index is 0.0649. The van der Waals surface area contributed by atoms with Crippen molar-refractivity contribution in [3.05, 3.63) is 22.7 Å². The van der Waals surface area contributed by atoms with E-state index >= 15 is 0 Å². The summed E-state index contributed by atoms with van der Waals surface area (Å²) in [6.45, 7) is 7.42. The molecule has 9 heteroatoms. The topological polar surface area (TPSA) is 97.0 Å². The molecule has 0 saturated carbocycles. The molecule has 0 radical (unpaired) electrons. The molecule has 2 unspecified atom stereocenters. The lowest BCUT2D eigenvalue weighted by Gasteiger charge is -2.51. The van der Waals surface area contributed by atoms with Crippen LogP contribution in [0.4, 0.5) is 21.0 Å². The minimum atomic E-state index is -0.763. The molecule has 1 aromatic rings. The maximum Gasteiger partial charge on any atom is 0.414 e. The lowest BCUT2D eigenvalue weighted by atomic mass is 9.68. The van der Waals surface area contributed by atoms with Crippen LogP contribution in [0.3, 0.4) is 0 Å². The number of amides is 3. The number of piperidine rings is 1. The van der Waals surface area contributed by atoms with Crippen molar-refractivity contribution in [2.24, 2.45) is 5.41 Å². The van der Waals surface area contributed by atoms with Crippen LogP contribution >= 0.6 is 15.9 Å². The third-order valence-electron chi connectivity index (χ3n) is 6.33. The Kier molecular flexibility index (Phi) is 6.83. The summed E-state index contributed by atoms with van der Waals surface area (Å²) in [5, 5.41) is 5.22. The molecule has 0 aromatic heterocycles. The van der Waals surface area contributed by atoms with Gasteiger partial charge in [-0.15, -0.1) is 0 Å². The van der Waals surface area contributed by atoms with Crippen LogP contribution in [0.25, 0.3) is 0 Å².